The van der Waals surface area contributed by atoms with Crippen molar-refractivity contribution in [3.05, 3.63) is 99.1 Å². The Balaban J connectivity index is 2.10. The standard InChI is InChI=1S/C24H23BrClF2N5O2/c1-13(15-9-16(25)11-18(10-15)35-24(27)28)7-21(33-32-17(3-5-29)8-14(2)26)22-20-12-31-23(34)19(20)4-6-30-22/h3-11,23-24,31-32,34H,2,12,29H2,1H3/b5-3-,13-7+,17-8+,33-21+. The second-order valence-electron chi connectivity index (χ2n) is 7.41. The van der Waals surface area contributed by atoms with Crippen molar-refractivity contribution in [3.8, 4) is 5.75 Å². The molecule has 0 saturated carbocycles. The molecule has 2 aromatic rings. The predicted molar refractivity (Wildman–Crippen MR) is 137 cm³/mol. The van der Waals surface area contributed by atoms with E-state index in [9.17, 15) is 13.9 Å². The van der Waals surface area contributed by atoms with Crippen LogP contribution in [0.5, 0.6) is 5.75 Å². The Hall–Kier alpha value is -3.05. The monoisotopic (exact) mass is 565 g/mol. The number of alkyl halides is 2. The summed E-state index contributed by atoms with van der Waals surface area (Å²) in [6.07, 6.45) is 6.92. The van der Waals surface area contributed by atoms with E-state index in [4.69, 9.17) is 17.3 Å². The number of halogens is 4. The lowest BCUT2D eigenvalue weighted by atomic mass is 10.0. The average Bonchev–Trinajstić information content (AvgIpc) is 3.16. The molecule has 7 nitrogen and oxygen atoms in total. The maximum Gasteiger partial charge on any atom is 0.387 e. The Morgan fingerprint density at radius 1 is 1.43 bits per heavy atom. The number of benzene rings is 1. The van der Waals surface area contributed by atoms with Crippen molar-refractivity contribution >= 4 is 38.8 Å². The van der Waals surface area contributed by atoms with E-state index in [1.54, 1.807) is 43.5 Å². The first-order chi connectivity index (χ1) is 16.7. The number of aromatic nitrogens is 1. The number of nitrogens with zero attached hydrogens (tertiary/aromatic N) is 2. The number of aliphatic hydroxyl groups is 1. The van der Waals surface area contributed by atoms with E-state index in [1.165, 1.54) is 18.3 Å². The van der Waals surface area contributed by atoms with Crippen LogP contribution in [0.2, 0.25) is 0 Å². The van der Waals surface area contributed by atoms with Gasteiger partial charge in [-0.1, -0.05) is 34.1 Å². The minimum Gasteiger partial charge on any atom is -0.435 e. The Bertz CT molecular complexity index is 1230. The molecule has 3 rings (SSSR count). The number of hydrogen-bond donors (Lipinski definition) is 4. The van der Waals surface area contributed by atoms with Gasteiger partial charge in [0, 0.05) is 33.4 Å². The number of ether oxygens (including phenoxy) is 1. The van der Waals surface area contributed by atoms with Gasteiger partial charge in [0.25, 0.3) is 0 Å². The van der Waals surface area contributed by atoms with Gasteiger partial charge in [0.1, 0.15) is 17.7 Å². The molecule has 1 aromatic heterocycles. The highest BCUT2D eigenvalue weighted by molar-refractivity contribution is 9.10. The summed E-state index contributed by atoms with van der Waals surface area (Å²) < 4.78 is 30.6. The third-order valence-corrected chi connectivity index (χ3v) is 5.47. The zero-order valence-electron chi connectivity index (χ0n) is 18.6. The molecule has 0 saturated heterocycles. The third-order valence-electron chi connectivity index (χ3n) is 4.90. The van der Waals surface area contributed by atoms with E-state index in [2.05, 4.69) is 48.1 Å². The first-order valence-corrected chi connectivity index (χ1v) is 11.5. The summed E-state index contributed by atoms with van der Waals surface area (Å²) in [4.78, 5) is 4.49. The molecule has 0 aliphatic carbocycles. The highest BCUT2D eigenvalue weighted by Gasteiger charge is 2.24. The zero-order valence-corrected chi connectivity index (χ0v) is 20.9. The number of rotatable bonds is 9. The fraction of sp³-hybridized carbons (Fsp3) is 0.167. The molecule has 1 aromatic carbocycles. The van der Waals surface area contributed by atoms with E-state index < -0.39 is 12.8 Å². The van der Waals surface area contributed by atoms with Crippen molar-refractivity contribution in [1.29, 1.82) is 0 Å². The summed E-state index contributed by atoms with van der Waals surface area (Å²) in [7, 11) is 0. The van der Waals surface area contributed by atoms with Crippen LogP contribution in [0.15, 0.2) is 81.8 Å². The summed E-state index contributed by atoms with van der Waals surface area (Å²) in [5.74, 6) is 0.0127. The number of fused-ring (bicyclic) bond motifs is 1. The topological polar surface area (TPSA) is 105 Å². The molecule has 1 aliphatic rings. The zero-order chi connectivity index (χ0) is 25.5. The summed E-state index contributed by atoms with van der Waals surface area (Å²) in [6, 6.07) is 6.45. The van der Waals surface area contributed by atoms with Crippen LogP contribution in [0.25, 0.3) is 5.57 Å². The summed E-state index contributed by atoms with van der Waals surface area (Å²) in [5.41, 5.74) is 12.6. The molecular weight excluding hydrogens is 544 g/mol. The highest BCUT2D eigenvalue weighted by Crippen LogP contribution is 2.29. The number of nitrogens with one attached hydrogen (secondary N) is 2. The van der Waals surface area contributed by atoms with Crippen molar-refractivity contribution in [2.45, 2.75) is 26.3 Å². The van der Waals surface area contributed by atoms with Crippen molar-refractivity contribution in [2.75, 3.05) is 0 Å². The lowest BCUT2D eigenvalue weighted by Gasteiger charge is -2.12. The van der Waals surface area contributed by atoms with Crippen LogP contribution in [0.4, 0.5) is 8.78 Å². The molecule has 184 valence electrons. The number of allylic oxidation sites excluding steroid dienone is 5. The molecular formula is C24H23BrClF2N5O2. The number of nitrogens with two attached hydrogens (primary N) is 1. The van der Waals surface area contributed by atoms with Crippen molar-refractivity contribution in [2.24, 2.45) is 10.8 Å². The lowest BCUT2D eigenvalue weighted by molar-refractivity contribution is -0.0498. The van der Waals surface area contributed by atoms with Gasteiger partial charge in [-0.3, -0.25) is 15.7 Å². The van der Waals surface area contributed by atoms with Crippen molar-refractivity contribution < 1.29 is 18.6 Å². The fourth-order valence-electron chi connectivity index (χ4n) is 3.40. The molecule has 0 spiro atoms. The normalized spacial score (nSPS) is 16.7. The van der Waals surface area contributed by atoms with Crippen LogP contribution in [0.3, 0.4) is 0 Å². The highest BCUT2D eigenvalue weighted by atomic mass is 79.9. The lowest BCUT2D eigenvalue weighted by Crippen LogP contribution is -2.13. The maximum atomic E-state index is 12.8. The molecule has 11 heteroatoms. The van der Waals surface area contributed by atoms with Crippen LogP contribution in [-0.4, -0.2) is 22.4 Å². The number of aliphatic hydroxyl groups excluding tert-OH is 1. The van der Waals surface area contributed by atoms with E-state index in [-0.39, 0.29) is 10.8 Å². The van der Waals surface area contributed by atoms with Crippen molar-refractivity contribution in [1.82, 2.24) is 15.7 Å². The molecule has 1 aliphatic heterocycles. The minimum absolute atomic E-state index is 0.0127. The Morgan fingerprint density at radius 2 is 2.20 bits per heavy atom. The Morgan fingerprint density at radius 3 is 2.89 bits per heavy atom. The quantitative estimate of drug-likeness (QED) is 0.192. The number of pyridine rings is 1. The van der Waals surface area contributed by atoms with Gasteiger partial charge in [-0.2, -0.15) is 13.9 Å². The Kier molecular flexibility index (Phi) is 9.16. The molecule has 0 fully saturated rings. The van der Waals surface area contributed by atoms with Gasteiger partial charge in [0.2, 0.25) is 0 Å². The second-order valence-corrected chi connectivity index (χ2v) is 8.81. The summed E-state index contributed by atoms with van der Waals surface area (Å²) in [6.45, 7) is 2.88. The van der Waals surface area contributed by atoms with Crippen LogP contribution < -0.4 is 21.2 Å². The van der Waals surface area contributed by atoms with Gasteiger partial charge in [-0.15, -0.1) is 0 Å². The second kappa shape index (κ2) is 12.1. The Labute approximate surface area is 214 Å². The first-order valence-electron chi connectivity index (χ1n) is 10.3. The van der Waals surface area contributed by atoms with E-state index in [0.717, 1.165) is 5.56 Å². The van der Waals surface area contributed by atoms with Gasteiger partial charge in [-0.05, 0) is 66.8 Å². The van der Waals surface area contributed by atoms with Crippen LogP contribution in [0, 0.1) is 0 Å². The molecule has 35 heavy (non-hydrogen) atoms. The van der Waals surface area contributed by atoms with Gasteiger partial charge >= 0.3 is 6.61 Å². The maximum absolute atomic E-state index is 12.8. The van der Waals surface area contributed by atoms with E-state index in [1.807, 2.05) is 0 Å². The molecule has 0 bridgehead atoms. The molecule has 2 heterocycles. The average molecular weight is 567 g/mol. The first kappa shape index (κ1) is 26.6. The molecule has 1 atom stereocenters. The SMILES string of the molecule is C=C(Cl)/C=C(\C=C/N)N/N=C(\C=C(/C)c1cc(Br)cc(OC(F)F)c1)c1nccc2c1CNC2O. The third kappa shape index (κ3) is 7.22. The van der Waals surface area contributed by atoms with Gasteiger partial charge in [-0.25, -0.2) is 0 Å². The summed E-state index contributed by atoms with van der Waals surface area (Å²) >= 11 is 9.23. The van der Waals surface area contributed by atoms with E-state index >= 15 is 0 Å². The van der Waals surface area contributed by atoms with Crippen LogP contribution in [-0.2, 0) is 6.54 Å². The number of hydrogen-bond acceptors (Lipinski definition) is 7. The van der Waals surface area contributed by atoms with Crippen LogP contribution >= 0.6 is 27.5 Å². The number of hydrazone groups is 1. The molecule has 1 unspecified atom stereocenters. The minimum atomic E-state index is -2.95. The predicted octanol–water partition coefficient (Wildman–Crippen LogP) is 5.05. The van der Waals surface area contributed by atoms with Gasteiger partial charge in [0.15, 0.2) is 0 Å². The molecule has 5 N–H and O–H groups in total. The molecule has 0 radical (unpaired) electrons. The van der Waals surface area contributed by atoms with Gasteiger partial charge in [0.05, 0.1) is 11.4 Å². The van der Waals surface area contributed by atoms with Gasteiger partial charge < -0.3 is 15.6 Å². The van der Waals surface area contributed by atoms with Crippen molar-refractivity contribution in [3.63, 3.8) is 0 Å². The molecule has 0 amide bonds. The largest absolute Gasteiger partial charge is 0.435 e. The smallest absolute Gasteiger partial charge is 0.387 e. The van der Waals surface area contributed by atoms with E-state index in [0.29, 0.717) is 44.8 Å². The van der Waals surface area contributed by atoms with Crippen LogP contribution in [0.1, 0.15) is 35.5 Å². The summed E-state index contributed by atoms with van der Waals surface area (Å²) in [5, 5.41) is 18.0. The fourth-order valence-corrected chi connectivity index (χ4v) is 3.99.